The van der Waals surface area contributed by atoms with Crippen LogP contribution < -0.4 is 5.32 Å². The maximum atomic E-state index is 13.3. The van der Waals surface area contributed by atoms with Crippen molar-refractivity contribution in [3.8, 4) is 0 Å². The van der Waals surface area contributed by atoms with Crippen LogP contribution >= 0.6 is 0 Å². The predicted molar refractivity (Wildman–Crippen MR) is 90.9 cm³/mol. The van der Waals surface area contributed by atoms with E-state index in [1.807, 2.05) is 34.6 Å². The van der Waals surface area contributed by atoms with Crippen LogP contribution in [0.15, 0.2) is 18.2 Å². The topological polar surface area (TPSA) is 41.6 Å². The van der Waals surface area contributed by atoms with Gasteiger partial charge in [0.1, 0.15) is 11.4 Å². The zero-order valence-electron chi connectivity index (χ0n) is 14.9. The molecule has 0 radical (unpaired) electrons. The first-order chi connectivity index (χ1) is 10.7. The lowest BCUT2D eigenvalue weighted by molar-refractivity contribution is 0.0252. The van der Waals surface area contributed by atoms with E-state index >= 15 is 0 Å². The molecule has 1 aromatic carbocycles. The van der Waals surface area contributed by atoms with Gasteiger partial charge in [-0.3, -0.25) is 0 Å². The minimum Gasteiger partial charge on any atom is -0.444 e. The molecule has 1 aromatic rings. The summed E-state index contributed by atoms with van der Waals surface area (Å²) in [6.45, 7) is 12.0. The fourth-order valence-electron chi connectivity index (χ4n) is 2.16. The molecule has 0 spiro atoms. The van der Waals surface area contributed by atoms with Crippen LogP contribution in [0.4, 0.5) is 9.18 Å². The molecule has 0 aliphatic carbocycles. The maximum Gasteiger partial charge on any atom is 0.410 e. The van der Waals surface area contributed by atoms with Gasteiger partial charge < -0.3 is 15.0 Å². The summed E-state index contributed by atoms with van der Waals surface area (Å²) in [5, 5.41) is 3.26. The summed E-state index contributed by atoms with van der Waals surface area (Å²) in [7, 11) is 0. The van der Waals surface area contributed by atoms with Crippen molar-refractivity contribution in [2.45, 2.75) is 53.2 Å². The van der Waals surface area contributed by atoms with Crippen molar-refractivity contribution < 1.29 is 13.9 Å². The Labute approximate surface area is 139 Å². The van der Waals surface area contributed by atoms with Gasteiger partial charge in [0.2, 0.25) is 0 Å². The Morgan fingerprint density at radius 2 is 2.00 bits per heavy atom. The lowest BCUT2D eigenvalue weighted by atomic mass is 10.1. The summed E-state index contributed by atoms with van der Waals surface area (Å²) in [6.07, 6.45) is 0.588. The van der Waals surface area contributed by atoms with Gasteiger partial charge in [-0.2, -0.15) is 0 Å². The minimum absolute atomic E-state index is 0.228. The van der Waals surface area contributed by atoms with Gasteiger partial charge >= 0.3 is 6.09 Å². The van der Waals surface area contributed by atoms with Crippen molar-refractivity contribution in [2.75, 3.05) is 19.6 Å². The zero-order valence-corrected chi connectivity index (χ0v) is 14.9. The van der Waals surface area contributed by atoms with E-state index in [-0.39, 0.29) is 11.9 Å². The Balaban J connectivity index is 2.46. The quantitative estimate of drug-likeness (QED) is 0.774. The molecule has 0 aliphatic rings. The second-order valence-corrected chi connectivity index (χ2v) is 6.71. The van der Waals surface area contributed by atoms with E-state index in [1.54, 1.807) is 17.0 Å². The average molecular weight is 324 g/mol. The Morgan fingerprint density at radius 3 is 2.61 bits per heavy atom. The summed E-state index contributed by atoms with van der Waals surface area (Å²) in [5.41, 5.74) is 1.50. The third-order valence-electron chi connectivity index (χ3n) is 3.33. The number of carbonyl (C=O) groups excluding carboxylic acids is 1. The van der Waals surface area contributed by atoms with Gasteiger partial charge in [0.15, 0.2) is 0 Å². The highest BCUT2D eigenvalue weighted by Gasteiger charge is 2.21. The van der Waals surface area contributed by atoms with Crippen LogP contribution in [0.3, 0.4) is 0 Å². The van der Waals surface area contributed by atoms with Gasteiger partial charge in [-0.05, 0) is 57.4 Å². The Bertz CT molecular complexity index is 512. The van der Waals surface area contributed by atoms with E-state index < -0.39 is 5.60 Å². The number of aryl methyl sites for hydroxylation is 1. The lowest BCUT2D eigenvalue weighted by Gasteiger charge is -2.27. The van der Waals surface area contributed by atoms with Gasteiger partial charge in [0, 0.05) is 26.2 Å². The summed E-state index contributed by atoms with van der Waals surface area (Å²) in [6, 6.07) is 4.78. The van der Waals surface area contributed by atoms with Crippen LogP contribution in [-0.2, 0) is 11.3 Å². The van der Waals surface area contributed by atoms with Crippen molar-refractivity contribution in [1.82, 2.24) is 10.2 Å². The molecule has 0 fully saturated rings. The van der Waals surface area contributed by atoms with Gasteiger partial charge in [0.05, 0.1) is 0 Å². The predicted octanol–water partition coefficient (Wildman–Crippen LogP) is 3.87. The Hall–Kier alpha value is -1.62. The summed E-state index contributed by atoms with van der Waals surface area (Å²) >= 11 is 0. The number of carbonyl (C=O) groups is 1. The molecule has 0 unspecified atom stereocenters. The molecule has 0 bridgehead atoms. The van der Waals surface area contributed by atoms with Gasteiger partial charge in [-0.1, -0.05) is 13.0 Å². The fourth-order valence-corrected chi connectivity index (χ4v) is 2.16. The van der Waals surface area contributed by atoms with E-state index in [4.69, 9.17) is 4.74 Å². The number of nitrogens with one attached hydrogen (secondary N) is 1. The molecular weight excluding hydrogens is 295 g/mol. The zero-order chi connectivity index (χ0) is 17.5. The van der Waals surface area contributed by atoms with Crippen LogP contribution in [-0.4, -0.2) is 36.2 Å². The Kier molecular flexibility index (Phi) is 7.49. The first kappa shape index (κ1) is 19.4. The van der Waals surface area contributed by atoms with Gasteiger partial charge in [-0.15, -0.1) is 0 Å². The minimum atomic E-state index is -0.491. The van der Waals surface area contributed by atoms with Crippen LogP contribution in [0, 0.1) is 12.7 Å². The van der Waals surface area contributed by atoms with Crippen molar-refractivity contribution in [3.05, 3.63) is 35.1 Å². The SMILES string of the molecule is CCCN(CCNCc1cc(F)ccc1C)C(=O)OC(C)(C)C. The molecule has 0 aromatic heterocycles. The molecule has 0 heterocycles. The molecule has 0 atom stereocenters. The lowest BCUT2D eigenvalue weighted by Crippen LogP contribution is -2.40. The van der Waals surface area contributed by atoms with Crippen molar-refractivity contribution in [2.24, 2.45) is 0 Å². The van der Waals surface area contributed by atoms with E-state index in [9.17, 15) is 9.18 Å². The number of hydrogen-bond acceptors (Lipinski definition) is 3. The maximum absolute atomic E-state index is 13.3. The number of halogens is 1. The molecular formula is C18H29FN2O2. The van der Waals surface area contributed by atoms with Crippen LogP contribution in [0.25, 0.3) is 0 Å². The van der Waals surface area contributed by atoms with Gasteiger partial charge in [-0.25, -0.2) is 9.18 Å². The molecule has 1 amide bonds. The molecule has 1 rings (SSSR count). The molecule has 5 heteroatoms. The molecule has 1 N–H and O–H groups in total. The van der Waals surface area contributed by atoms with Crippen molar-refractivity contribution in [3.63, 3.8) is 0 Å². The molecule has 0 saturated carbocycles. The largest absolute Gasteiger partial charge is 0.444 e. The highest BCUT2D eigenvalue weighted by molar-refractivity contribution is 5.68. The molecule has 130 valence electrons. The highest BCUT2D eigenvalue weighted by Crippen LogP contribution is 2.11. The monoisotopic (exact) mass is 324 g/mol. The summed E-state index contributed by atoms with van der Waals surface area (Å²) in [5.74, 6) is -0.228. The number of amides is 1. The number of ether oxygens (including phenoxy) is 1. The summed E-state index contributed by atoms with van der Waals surface area (Å²) in [4.78, 5) is 13.8. The number of rotatable bonds is 7. The summed E-state index contributed by atoms with van der Waals surface area (Å²) < 4.78 is 18.7. The third-order valence-corrected chi connectivity index (χ3v) is 3.33. The molecule has 0 saturated heterocycles. The second kappa shape index (κ2) is 8.87. The van der Waals surface area contributed by atoms with Crippen molar-refractivity contribution >= 4 is 6.09 Å². The van der Waals surface area contributed by atoms with Gasteiger partial charge in [0.25, 0.3) is 0 Å². The molecule has 23 heavy (non-hydrogen) atoms. The van der Waals surface area contributed by atoms with Crippen LogP contribution in [0.5, 0.6) is 0 Å². The molecule has 4 nitrogen and oxygen atoms in total. The van der Waals surface area contributed by atoms with Crippen molar-refractivity contribution in [1.29, 1.82) is 0 Å². The Morgan fingerprint density at radius 1 is 1.30 bits per heavy atom. The molecule has 0 aliphatic heterocycles. The first-order valence-corrected chi connectivity index (χ1v) is 8.16. The fraction of sp³-hybridized carbons (Fsp3) is 0.611. The number of benzene rings is 1. The second-order valence-electron chi connectivity index (χ2n) is 6.71. The van der Waals surface area contributed by atoms with E-state index in [0.717, 1.165) is 17.5 Å². The smallest absolute Gasteiger partial charge is 0.410 e. The standard InChI is InChI=1S/C18H29FN2O2/c1-6-10-21(17(22)23-18(3,4)5)11-9-20-13-15-12-16(19)8-7-14(15)2/h7-8,12,20H,6,9-11,13H2,1-5H3. The normalized spacial score (nSPS) is 11.4. The van der Waals surface area contributed by atoms with Crippen LogP contribution in [0.1, 0.15) is 45.2 Å². The van der Waals surface area contributed by atoms with Crippen LogP contribution in [0.2, 0.25) is 0 Å². The van der Waals surface area contributed by atoms with E-state index in [0.29, 0.717) is 26.2 Å². The first-order valence-electron chi connectivity index (χ1n) is 8.16. The average Bonchev–Trinajstić information content (AvgIpc) is 2.43. The number of hydrogen-bond donors (Lipinski definition) is 1. The highest BCUT2D eigenvalue weighted by atomic mass is 19.1. The van der Waals surface area contributed by atoms with E-state index in [1.165, 1.54) is 6.07 Å². The van der Waals surface area contributed by atoms with E-state index in [2.05, 4.69) is 5.32 Å². The number of nitrogens with zero attached hydrogens (tertiary/aromatic N) is 1. The third kappa shape index (κ3) is 7.46.